The smallest absolute Gasteiger partial charge is 0.313 e. The number of hydrogen-bond donors (Lipinski definition) is 2. The molecule has 2 aliphatic heterocycles. The number of carbonyl (C=O) groups is 3. The maximum absolute atomic E-state index is 13.8. The second-order valence-electron chi connectivity index (χ2n) is 7.45. The number of halogens is 1. The number of carbonyl (C=O) groups excluding carboxylic acids is 3. The van der Waals surface area contributed by atoms with E-state index in [1.54, 1.807) is 35.2 Å². The average Bonchev–Trinajstić information content (AvgIpc) is 3.25. The molecular weight excluding hydrogens is 405 g/mol. The fourth-order valence-electron chi connectivity index (χ4n) is 3.62. The van der Waals surface area contributed by atoms with Crippen LogP contribution in [-0.2, 0) is 9.59 Å². The first-order valence-electron chi connectivity index (χ1n) is 10.0. The largest absolute Gasteiger partial charge is 0.454 e. The monoisotopic (exact) mass is 427 g/mol. The predicted octanol–water partition coefficient (Wildman–Crippen LogP) is 2.16. The molecule has 3 amide bonds. The van der Waals surface area contributed by atoms with Crippen molar-refractivity contribution in [2.24, 2.45) is 5.92 Å². The van der Waals surface area contributed by atoms with Gasteiger partial charge in [0.1, 0.15) is 5.82 Å². The Labute approximate surface area is 178 Å². The first kappa shape index (κ1) is 20.6. The lowest BCUT2D eigenvalue weighted by molar-refractivity contribution is -0.136. The van der Waals surface area contributed by atoms with Crippen LogP contribution in [0, 0.1) is 11.7 Å². The molecule has 9 heteroatoms. The van der Waals surface area contributed by atoms with Gasteiger partial charge in [0.05, 0.1) is 5.56 Å². The molecular formula is C22H22FN3O5. The second-order valence-corrected chi connectivity index (χ2v) is 7.45. The second kappa shape index (κ2) is 9.03. The summed E-state index contributed by atoms with van der Waals surface area (Å²) in [5, 5.41) is 5.17. The van der Waals surface area contributed by atoms with Gasteiger partial charge in [0.15, 0.2) is 11.5 Å². The van der Waals surface area contributed by atoms with E-state index in [2.05, 4.69) is 10.6 Å². The Morgan fingerprint density at radius 3 is 2.52 bits per heavy atom. The van der Waals surface area contributed by atoms with E-state index in [0.717, 1.165) is 0 Å². The van der Waals surface area contributed by atoms with Crippen molar-refractivity contribution in [2.75, 3.05) is 31.7 Å². The number of nitrogens with zero attached hydrogens (tertiary/aromatic N) is 1. The molecule has 1 fully saturated rings. The van der Waals surface area contributed by atoms with Crippen LogP contribution >= 0.6 is 0 Å². The van der Waals surface area contributed by atoms with Crippen LogP contribution in [0.5, 0.6) is 11.5 Å². The molecule has 0 bridgehead atoms. The Kier molecular flexibility index (Phi) is 6.01. The molecule has 31 heavy (non-hydrogen) atoms. The van der Waals surface area contributed by atoms with Crippen molar-refractivity contribution in [3.63, 3.8) is 0 Å². The number of fused-ring (bicyclic) bond motifs is 1. The van der Waals surface area contributed by atoms with Gasteiger partial charge in [-0.2, -0.15) is 0 Å². The summed E-state index contributed by atoms with van der Waals surface area (Å²) < 4.78 is 24.3. The summed E-state index contributed by atoms with van der Waals surface area (Å²) in [6.45, 7) is 1.39. The average molecular weight is 427 g/mol. The van der Waals surface area contributed by atoms with E-state index in [-0.39, 0.29) is 24.2 Å². The molecule has 2 heterocycles. The number of ether oxygens (including phenoxy) is 2. The molecule has 1 saturated heterocycles. The number of piperidine rings is 1. The van der Waals surface area contributed by atoms with E-state index >= 15 is 0 Å². The molecule has 0 radical (unpaired) electrons. The van der Waals surface area contributed by atoms with Gasteiger partial charge in [0, 0.05) is 31.4 Å². The van der Waals surface area contributed by atoms with E-state index in [4.69, 9.17) is 9.47 Å². The van der Waals surface area contributed by atoms with Gasteiger partial charge in [-0.25, -0.2) is 4.39 Å². The van der Waals surface area contributed by atoms with Crippen LogP contribution in [0.4, 0.5) is 10.1 Å². The Morgan fingerprint density at radius 1 is 1.00 bits per heavy atom. The topological polar surface area (TPSA) is 97.0 Å². The molecule has 0 spiro atoms. The van der Waals surface area contributed by atoms with Crippen LogP contribution in [0.3, 0.4) is 0 Å². The summed E-state index contributed by atoms with van der Waals surface area (Å²) >= 11 is 0. The standard InChI is InChI=1S/C22H22FN3O5/c23-17-4-2-1-3-16(17)22(29)26-9-7-14(8-10-26)12-24-20(27)21(28)25-15-5-6-18-19(11-15)31-13-30-18/h1-6,11,14H,7-10,12-13H2,(H,24,27)(H,25,28). The maximum atomic E-state index is 13.8. The summed E-state index contributed by atoms with van der Waals surface area (Å²) in [6, 6.07) is 10.8. The van der Waals surface area contributed by atoms with E-state index in [1.165, 1.54) is 12.1 Å². The van der Waals surface area contributed by atoms with E-state index in [0.29, 0.717) is 49.7 Å². The fourth-order valence-corrected chi connectivity index (χ4v) is 3.62. The van der Waals surface area contributed by atoms with Gasteiger partial charge in [0.25, 0.3) is 5.91 Å². The van der Waals surface area contributed by atoms with Gasteiger partial charge in [0.2, 0.25) is 6.79 Å². The van der Waals surface area contributed by atoms with Crippen LogP contribution in [-0.4, -0.2) is 49.0 Å². The summed E-state index contributed by atoms with van der Waals surface area (Å²) in [5.41, 5.74) is 0.499. The third-order valence-electron chi connectivity index (χ3n) is 5.39. The molecule has 0 saturated carbocycles. The summed E-state index contributed by atoms with van der Waals surface area (Å²) in [7, 11) is 0. The quantitative estimate of drug-likeness (QED) is 0.729. The maximum Gasteiger partial charge on any atom is 0.313 e. The lowest BCUT2D eigenvalue weighted by Gasteiger charge is -2.32. The molecule has 0 unspecified atom stereocenters. The zero-order valence-electron chi connectivity index (χ0n) is 16.7. The number of benzene rings is 2. The van der Waals surface area contributed by atoms with Crippen molar-refractivity contribution >= 4 is 23.4 Å². The number of rotatable bonds is 4. The van der Waals surface area contributed by atoms with Crippen LogP contribution in [0.1, 0.15) is 23.2 Å². The molecule has 162 valence electrons. The van der Waals surface area contributed by atoms with Crippen molar-refractivity contribution in [1.82, 2.24) is 10.2 Å². The molecule has 0 aliphatic carbocycles. The third kappa shape index (κ3) is 4.76. The Balaban J connectivity index is 1.22. The highest BCUT2D eigenvalue weighted by molar-refractivity contribution is 6.39. The molecule has 0 aromatic heterocycles. The lowest BCUT2D eigenvalue weighted by atomic mass is 9.96. The van der Waals surface area contributed by atoms with Crippen molar-refractivity contribution in [2.45, 2.75) is 12.8 Å². The normalized spacial score (nSPS) is 15.5. The zero-order chi connectivity index (χ0) is 21.8. The van der Waals surface area contributed by atoms with E-state index in [9.17, 15) is 18.8 Å². The SMILES string of the molecule is O=C(NCC1CCN(C(=O)c2ccccc2F)CC1)C(=O)Nc1ccc2c(c1)OCO2. The first-order valence-corrected chi connectivity index (χ1v) is 10.0. The molecule has 2 aromatic carbocycles. The van der Waals surface area contributed by atoms with E-state index < -0.39 is 17.6 Å². The summed E-state index contributed by atoms with van der Waals surface area (Å²) in [5.74, 6) is -1.14. The van der Waals surface area contributed by atoms with Gasteiger partial charge in [-0.15, -0.1) is 0 Å². The van der Waals surface area contributed by atoms with Crippen molar-refractivity contribution < 1.29 is 28.2 Å². The van der Waals surface area contributed by atoms with Gasteiger partial charge in [-0.05, 0) is 43.0 Å². The number of hydrogen-bond acceptors (Lipinski definition) is 5. The molecule has 2 N–H and O–H groups in total. The third-order valence-corrected chi connectivity index (χ3v) is 5.39. The molecule has 8 nitrogen and oxygen atoms in total. The minimum atomic E-state index is -0.772. The predicted molar refractivity (Wildman–Crippen MR) is 109 cm³/mol. The van der Waals surface area contributed by atoms with Gasteiger partial charge >= 0.3 is 11.8 Å². The van der Waals surface area contributed by atoms with Gasteiger partial charge < -0.3 is 25.0 Å². The number of likely N-dealkylation sites (tertiary alicyclic amines) is 1. The zero-order valence-corrected chi connectivity index (χ0v) is 16.7. The molecule has 2 aromatic rings. The van der Waals surface area contributed by atoms with Gasteiger partial charge in [-0.3, -0.25) is 14.4 Å². The van der Waals surface area contributed by atoms with Crippen LogP contribution < -0.4 is 20.1 Å². The lowest BCUT2D eigenvalue weighted by Crippen LogP contribution is -2.43. The van der Waals surface area contributed by atoms with Crippen molar-refractivity contribution in [3.05, 3.63) is 53.8 Å². The van der Waals surface area contributed by atoms with Gasteiger partial charge in [-0.1, -0.05) is 12.1 Å². The fraction of sp³-hybridized carbons (Fsp3) is 0.318. The summed E-state index contributed by atoms with van der Waals surface area (Å²) in [4.78, 5) is 38.4. The van der Waals surface area contributed by atoms with Crippen LogP contribution in [0.2, 0.25) is 0 Å². The molecule has 4 rings (SSSR count). The Morgan fingerprint density at radius 2 is 1.74 bits per heavy atom. The van der Waals surface area contributed by atoms with Crippen molar-refractivity contribution in [1.29, 1.82) is 0 Å². The highest BCUT2D eigenvalue weighted by Crippen LogP contribution is 2.34. The first-order chi connectivity index (χ1) is 15.0. The number of amides is 3. The number of anilines is 1. The van der Waals surface area contributed by atoms with Crippen LogP contribution in [0.15, 0.2) is 42.5 Å². The minimum Gasteiger partial charge on any atom is -0.454 e. The molecule has 0 atom stereocenters. The Bertz CT molecular complexity index is 1000. The van der Waals surface area contributed by atoms with Crippen LogP contribution in [0.25, 0.3) is 0 Å². The highest BCUT2D eigenvalue weighted by Gasteiger charge is 2.26. The Hall–Kier alpha value is -3.62. The number of nitrogens with one attached hydrogen (secondary N) is 2. The van der Waals surface area contributed by atoms with E-state index in [1.807, 2.05) is 0 Å². The summed E-state index contributed by atoms with van der Waals surface area (Å²) in [6.07, 6.45) is 1.31. The van der Waals surface area contributed by atoms with Crippen molar-refractivity contribution in [3.8, 4) is 11.5 Å². The molecule has 2 aliphatic rings. The minimum absolute atomic E-state index is 0.0643. The highest BCUT2D eigenvalue weighted by atomic mass is 19.1.